The summed E-state index contributed by atoms with van der Waals surface area (Å²) in [7, 11) is 1.54. The van der Waals surface area contributed by atoms with Crippen molar-refractivity contribution in [3.05, 3.63) is 90.1 Å². The number of carbonyl (C=O) groups is 2. The lowest BCUT2D eigenvalue weighted by molar-refractivity contribution is -0.126. The molecule has 4 aromatic rings. The van der Waals surface area contributed by atoms with Gasteiger partial charge in [-0.2, -0.15) is 5.10 Å². The van der Waals surface area contributed by atoms with Crippen molar-refractivity contribution in [2.24, 2.45) is 0 Å². The molecule has 9 heteroatoms. The maximum Gasteiger partial charge on any atom is 0.277 e. The van der Waals surface area contributed by atoms with Gasteiger partial charge >= 0.3 is 0 Å². The first-order valence-corrected chi connectivity index (χ1v) is 11.0. The van der Waals surface area contributed by atoms with E-state index in [2.05, 4.69) is 10.4 Å². The number of amides is 2. The Morgan fingerprint density at radius 3 is 2.69 bits per heavy atom. The van der Waals surface area contributed by atoms with E-state index in [1.54, 1.807) is 61.5 Å². The van der Waals surface area contributed by atoms with Gasteiger partial charge in [-0.05, 0) is 48.9 Å². The average Bonchev–Trinajstić information content (AvgIpc) is 3.54. The highest BCUT2D eigenvalue weighted by molar-refractivity contribution is 6.12. The molecule has 2 aromatic carbocycles. The van der Waals surface area contributed by atoms with Gasteiger partial charge in [-0.15, -0.1) is 0 Å². The molecule has 0 aliphatic carbocycles. The number of rotatable bonds is 6. The second-order valence-corrected chi connectivity index (χ2v) is 8.47. The normalized spacial score (nSPS) is 17.2. The van der Waals surface area contributed by atoms with Crippen LogP contribution in [0.5, 0.6) is 5.75 Å². The first-order chi connectivity index (χ1) is 16.9. The van der Waals surface area contributed by atoms with Gasteiger partial charge in [-0.1, -0.05) is 18.2 Å². The zero-order chi connectivity index (χ0) is 24.6. The summed E-state index contributed by atoms with van der Waals surface area (Å²) in [4.78, 5) is 28.9. The molecule has 1 atom stereocenters. The molecule has 2 aromatic heterocycles. The number of nitrogens with zero attached hydrogens (tertiary/aromatic N) is 3. The van der Waals surface area contributed by atoms with Crippen LogP contribution in [0.1, 0.15) is 23.0 Å². The van der Waals surface area contributed by atoms with Gasteiger partial charge in [0.2, 0.25) is 5.91 Å². The summed E-state index contributed by atoms with van der Waals surface area (Å²) < 4.78 is 25.6. The van der Waals surface area contributed by atoms with Crippen molar-refractivity contribution in [1.82, 2.24) is 15.1 Å². The number of furan rings is 1. The Kier molecular flexibility index (Phi) is 5.60. The zero-order valence-electron chi connectivity index (χ0n) is 19.2. The average molecular weight is 474 g/mol. The smallest absolute Gasteiger partial charge is 0.277 e. The number of benzene rings is 2. The fourth-order valence-electron chi connectivity index (χ4n) is 4.26. The number of hydrogen-bond donors (Lipinski definition) is 1. The molecule has 0 saturated heterocycles. The van der Waals surface area contributed by atoms with Gasteiger partial charge in [0.25, 0.3) is 5.91 Å². The van der Waals surface area contributed by atoms with E-state index < -0.39 is 5.54 Å². The van der Waals surface area contributed by atoms with Crippen molar-refractivity contribution in [3.63, 3.8) is 0 Å². The molecule has 2 amide bonds. The van der Waals surface area contributed by atoms with Crippen LogP contribution in [0.25, 0.3) is 11.5 Å². The molecule has 8 nitrogen and oxygen atoms in total. The molecule has 35 heavy (non-hydrogen) atoms. The lowest BCUT2D eigenvalue weighted by Gasteiger charge is -2.43. The summed E-state index contributed by atoms with van der Waals surface area (Å²) in [5, 5.41) is 7.44. The van der Waals surface area contributed by atoms with Crippen LogP contribution in [0.2, 0.25) is 0 Å². The number of fused-ring (bicyclic) bond motifs is 1. The van der Waals surface area contributed by atoms with E-state index in [-0.39, 0.29) is 30.7 Å². The monoisotopic (exact) mass is 474 g/mol. The number of methoxy groups -OCH3 is 1. The summed E-state index contributed by atoms with van der Waals surface area (Å²) in [6, 6.07) is 18.0. The first-order valence-electron chi connectivity index (χ1n) is 11.0. The molecule has 0 spiro atoms. The van der Waals surface area contributed by atoms with Crippen LogP contribution in [-0.2, 0) is 17.9 Å². The molecule has 0 radical (unpaired) electrons. The predicted octanol–water partition coefficient (Wildman–Crippen LogP) is 4.03. The quantitative estimate of drug-likeness (QED) is 0.456. The number of ether oxygens (including phenoxy) is 1. The number of nitrogens with one attached hydrogen (secondary N) is 1. The van der Waals surface area contributed by atoms with Gasteiger partial charge in [0.05, 0.1) is 19.9 Å². The van der Waals surface area contributed by atoms with Crippen LogP contribution in [0, 0.1) is 5.82 Å². The minimum atomic E-state index is -1.32. The molecule has 5 rings (SSSR count). The van der Waals surface area contributed by atoms with Gasteiger partial charge in [0, 0.05) is 24.4 Å². The van der Waals surface area contributed by atoms with Crippen molar-refractivity contribution >= 4 is 17.5 Å². The molecule has 1 aliphatic rings. The molecule has 0 saturated carbocycles. The van der Waals surface area contributed by atoms with Gasteiger partial charge < -0.3 is 14.5 Å². The van der Waals surface area contributed by atoms with E-state index in [1.165, 1.54) is 35.1 Å². The maximum absolute atomic E-state index is 13.8. The van der Waals surface area contributed by atoms with Crippen molar-refractivity contribution < 1.29 is 23.1 Å². The third-order valence-corrected chi connectivity index (χ3v) is 6.09. The van der Waals surface area contributed by atoms with Crippen LogP contribution in [-0.4, -0.2) is 34.2 Å². The summed E-state index contributed by atoms with van der Waals surface area (Å²) in [5.41, 5.74) is 0.769. The maximum atomic E-state index is 13.8. The Hall–Kier alpha value is -4.40. The molecule has 0 fully saturated rings. The predicted molar refractivity (Wildman–Crippen MR) is 126 cm³/mol. The van der Waals surface area contributed by atoms with Gasteiger partial charge in [-0.3, -0.25) is 19.2 Å². The van der Waals surface area contributed by atoms with Crippen molar-refractivity contribution in [2.75, 3.05) is 12.0 Å². The van der Waals surface area contributed by atoms with Crippen LogP contribution < -0.4 is 15.0 Å². The number of hydrogen-bond acceptors (Lipinski definition) is 5. The number of anilines is 1. The van der Waals surface area contributed by atoms with Crippen molar-refractivity contribution in [1.29, 1.82) is 0 Å². The standard InChI is InChI=1S/C26H23FN4O4/c1-26(25(33)28-15-17-8-10-18(27)11-9-17)16-30-22(14-21(29-30)23-7-4-12-35-23)24(32)31(26)19-5-3-6-20(13-19)34-2/h3-14H,15-16H2,1-2H3,(H,28,33). The summed E-state index contributed by atoms with van der Waals surface area (Å²) in [6.45, 7) is 1.99. The minimum Gasteiger partial charge on any atom is -0.497 e. The molecule has 178 valence electrons. The molecular weight excluding hydrogens is 451 g/mol. The first kappa shape index (κ1) is 22.4. The Bertz CT molecular complexity index is 1380. The molecule has 1 N–H and O–H groups in total. The largest absolute Gasteiger partial charge is 0.497 e. The molecule has 1 unspecified atom stereocenters. The van der Waals surface area contributed by atoms with E-state index in [0.29, 0.717) is 28.6 Å². The molecule has 3 heterocycles. The third-order valence-electron chi connectivity index (χ3n) is 6.09. The van der Waals surface area contributed by atoms with E-state index in [1.807, 2.05) is 0 Å². The fraction of sp³-hybridized carbons (Fsp3) is 0.192. The lowest BCUT2D eigenvalue weighted by Crippen LogP contribution is -2.64. The van der Waals surface area contributed by atoms with Gasteiger partial charge in [0.15, 0.2) is 5.76 Å². The van der Waals surface area contributed by atoms with Crippen LogP contribution in [0.15, 0.2) is 77.4 Å². The number of aromatic nitrogens is 2. The molecule has 0 bridgehead atoms. The molecule has 1 aliphatic heterocycles. The Labute approximate surface area is 200 Å². The third kappa shape index (κ3) is 4.05. The Balaban J connectivity index is 1.53. The van der Waals surface area contributed by atoms with E-state index in [4.69, 9.17) is 9.15 Å². The highest BCUT2D eigenvalue weighted by atomic mass is 19.1. The Morgan fingerprint density at radius 2 is 1.97 bits per heavy atom. The van der Waals surface area contributed by atoms with E-state index >= 15 is 0 Å². The Morgan fingerprint density at radius 1 is 1.17 bits per heavy atom. The van der Waals surface area contributed by atoms with Gasteiger partial charge in [-0.25, -0.2) is 4.39 Å². The topological polar surface area (TPSA) is 89.6 Å². The minimum absolute atomic E-state index is 0.112. The van der Waals surface area contributed by atoms with E-state index in [9.17, 15) is 14.0 Å². The van der Waals surface area contributed by atoms with Crippen LogP contribution >= 0.6 is 0 Å². The highest BCUT2D eigenvalue weighted by Crippen LogP contribution is 2.35. The van der Waals surface area contributed by atoms with Crippen LogP contribution in [0.3, 0.4) is 0 Å². The number of carbonyl (C=O) groups excluding carboxylic acids is 2. The summed E-state index contributed by atoms with van der Waals surface area (Å²) in [6.07, 6.45) is 1.53. The second kappa shape index (κ2) is 8.75. The van der Waals surface area contributed by atoms with Crippen molar-refractivity contribution in [3.8, 4) is 17.2 Å². The SMILES string of the molecule is COc1cccc(N2C(=O)c3cc(-c4ccco4)nn3CC2(C)C(=O)NCc2ccc(F)cc2)c1. The second-order valence-electron chi connectivity index (χ2n) is 8.47. The van der Waals surface area contributed by atoms with Crippen LogP contribution in [0.4, 0.5) is 10.1 Å². The fourth-order valence-corrected chi connectivity index (χ4v) is 4.26. The zero-order valence-corrected chi connectivity index (χ0v) is 19.2. The van der Waals surface area contributed by atoms with Gasteiger partial charge in [0.1, 0.15) is 28.5 Å². The summed E-state index contributed by atoms with van der Waals surface area (Å²) in [5.74, 6) is -0.0320. The number of halogens is 1. The molecular formula is C26H23FN4O4. The summed E-state index contributed by atoms with van der Waals surface area (Å²) >= 11 is 0. The highest BCUT2D eigenvalue weighted by Gasteiger charge is 2.49. The van der Waals surface area contributed by atoms with E-state index in [0.717, 1.165) is 5.56 Å². The van der Waals surface area contributed by atoms with Crippen molar-refractivity contribution in [2.45, 2.75) is 25.6 Å². The lowest BCUT2D eigenvalue weighted by atomic mass is 9.93.